The number of hydrogen-bond donors (Lipinski definition) is 0. The molecule has 0 aliphatic heterocycles. The van der Waals surface area contributed by atoms with E-state index in [1.165, 1.54) is 21.5 Å². The standard InChI is InChI=1S/C47H32N2O2/c1-48-47(49-46(30-12-3-2-4-13-30)35-22-21-29-11-5-6-14-31(29)25-35)37-18-10-20-42-45(37)44-36(17-9-19-41(44)51-42)34-23-24-40-38(27-34)39-26-32-15-7-8-16-33(32)28-43(39)50-40/h2-9,11-19,21-28H,10,20H2,1H3/b48-47-,49-46-. The molecule has 0 N–H and O–H groups in total. The molecule has 51 heavy (non-hydrogen) atoms. The van der Waals surface area contributed by atoms with Crippen LogP contribution < -0.4 is 0 Å². The number of nitrogens with zero attached hydrogens (tertiary/aromatic N) is 2. The molecule has 0 radical (unpaired) electrons. The number of fused-ring (bicyclic) bond motifs is 8. The molecule has 2 aromatic heterocycles. The second-order valence-electron chi connectivity index (χ2n) is 13.2. The van der Waals surface area contributed by atoms with Crippen LogP contribution in [0.1, 0.15) is 28.9 Å². The molecule has 242 valence electrons. The average Bonchev–Trinajstić information content (AvgIpc) is 3.75. The van der Waals surface area contributed by atoms with E-state index < -0.39 is 0 Å². The van der Waals surface area contributed by atoms with E-state index in [2.05, 4.69) is 146 Å². The largest absolute Gasteiger partial charge is 0.460 e. The fourth-order valence-electron chi connectivity index (χ4n) is 7.75. The smallest absolute Gasteiger partial charge is 0.155 e. The fraction of sp³-hybridized carbons (Fsp3) is 0.0638. The molecule has 0 amide bonds. The van der Waals surface area contributed by atoms with Crippen LogP contribution in [0.25, 0.3) is 71.2 Å². The van der Waals surface area contributed by atoms with Gasteiger partial charge in [-0.3, -0.25) is 4.99 Å². The summed E-state index contributed by atoms with van der Waals surface area (Å²) < 4.78 is 13.0. The molecule has 0 atom stereocenters. The van der Waals surface area contributed by atoms with Gasteiger partial charge in [0.1, 0.15) is 22.5 Å². The Hall–Kier alpha value is -6.52. The maximum Gasteiger partial charge on any atom is 0.155 e. The molecule has 0 unspecified atom stereocenters. The van der Waals surface area contributed by atoms with Crippen molar-refractivity contribution in [2.24, 2.45) is 9.98 Å². The van der Waals surface area contributed by atoms with Gasteiger partial charge in [0.25, 0.3) is 0 Å². The van der Waals surface area contributed by atoms with Gasteiger partial charge in [-0.1, -0.05) is 115 Å². The predicted molar refractivity (Wildman–Crippen MR) is 212 cm³/mol. The minimum absolute atomic E-state index is 0.684. The van der Waals surface area contributed by atoms with E-state index in [1.54, 1.807) is 0 Å². The van der Waals surface area contributed by atoms with Crippen LogP contribution in [0.15, 0.2) is 170 Å². The molecule has 10 rings (SSSR count). The lowest BCUT2D eigenvalue weighted by Gasteiger charge is -2.16. The highest BCUT2D eigenvalue weighted by Gasteiger charge is 2.27. The van der Waals surface area contributed by atoms with Crippen LogP contribution in [0.3, 0.4) is 0 Å². The van der Waals surface area contributed by atoms with Crippen molar-refractivity contribution >= 4 is 71.6 Å². The first-order valence-corrected chi connectivity index (χ1v) is 17.4. The first-order chi connectivity index (χ1) is 25.2. The lowest BCUT2D eigenvalue weighted by atomic mass is 9.89. The molecule has 1 aliphatic carbocycles. The molecule has 2 heterocycles. The summed E-state index contributed by atoms with van der Waals surface area (Å²) in [6.45, 7) is 0. The SMILES string of the molecule is C/N=C(\N=C(\c1ccccc1)c1ccc2ccccc2c1)C1=CCCc2oc3cccc(-c4ccc5oc6cc7ccccc7cc6c5c4)c3c21. The zero-order valence-corrected chi connectivity index (χ0v) is 28.1. The minimum atomic E-state index is 0.684. The Bertz CT molecular complexity index is 2920. The molecule has 0 fully saturated rings. The molecule has 4 nitrogen and oxygen atoms in total. The normalized spacial score (nSPS) is 13.8. The number of furan rings is 2. The molecule has 4 heteroatoms. The highest BCUT2D eigenvalue weighted by atomic mass is 16.3. The van der Waals surface area contributed by atoms with Crippen molar-refractivity contribution in [3.05, 3.63) is 174 Å². The van der Waals surface area contributed by atoms with E-state index in [4.69, 9.17) is 18.8 Å². The van der Waals surface area contributed by atoms with Crippen LogP contribution >= 0.6 is 0 Å². The average molecular weight is 657 g/mol. The van der Waals surface area contributed by atoms with Gasteiger partial charge < -0.3 is 8.83 Å². The monoisotopic (exact) mass is 656 g/mol. The zero-order chi connectivity index (χ0) is 33.9. The van der Waals surface area contributed by atoms with Crippen LogP contribution in [0.4, 0.5) is 0 Å². The Morgan fingerprint density at radius 3 is 2.14 bits per heavy atom. The topological polar surface area (TPSA) is 51.0 Å². The van der Waals surface area contributed by atoms with Gasteiger partial charge in [-0.05, 0) is 75.5 Å². The van der Waals surface area contributed by atoms with Gasteiger partial charge >= 0.3 is 0 Å². The first-order valence-electron chi connectivity index (χ1n) is 17.4. The van der Waals surface area contributed by atoms with Crippen LogP contribution in [-0.4, -0.2) is 18.6 Å². The van der Waals surface area contributed by atoms with Crippen molar-refractivity contribution in [2.45, 2.75) is 12.8 Å². The molecule has 0 saturated heterocycles. The van der Waals surface area contributed by atoms with Gasteiger partial charge in [-0.15, -0.1) is 0 Å². The molecule has 7 aromatic carbocycles. The van der Waals surface area contributed by atoms with E-state index in [9.17, 15) is 0 Å². The van der Waals surface area contributed by atoms with Gasteiger partial charge in [0.05, 0.1) is 5.71 Å². The van der Waals surface area contributed by atoms with Crippen molar-refractivity contribution < 1.29 is 8.83 Å². The lowest BCUT2D eigenvalue weighted by molar-refractivity contribution is 0.546. The highest BCUT2D eigenvalue weighted by Crippen LogP contribution is 2.43. The second kappa shape index (κ2) is 11.8. The molecular weight excluding hydrogens is 625 g/mol. The van der Waals surface area contributed by atoms with Crippen molar-refractivity contribution in [3.8, 4) is 11.1 Å². The van der Waals surface area contributed by atoms with Gasteiger partial charge in [-0.25, -0.2) is 4.99 Å². The summed E-state index contributed by atoms with van der Waals surface area (Å²) in [6.07, 6.45) is 3.95. The Morgan fingerprint density at radius 2 is 1.31 bits per heavy atom. The molecule has 1 aliphatic rings. The first kappa shape index (κ1) is 29.4. The Labute approximate surface area is 294 Å². The number of aliphatic imine (C=N–C) groups is 2. The van der Waals surface area contributed by atoms with E-state index in [0.717, 1.165) is 90.6 Å². The van der Waals surface area contributed by atoms with Crippen molar-refractivity contribution in [1.82, 2.24) is 0 Å². The van der Waals surface area contributed by atoms with Crippen molar-refractivity contribution in [2.75, 3.05) is 7.05 Å². The summed E-state index contributed by atoms with van der Waals surface area (Å²) in [4.78, 5) is 10.2. The lowest BCUT2D eigenvalue weighted by Crippen LogP contribution is -2.11. The van der Waals surface area contributed by atoms with Gasteiger partial charge in [0.2, 0.25) is 0 Å². The quantitative estimate of drug-likeness (QED) is 0.140. The summed E-state index contributed by atoms with van der Waals surface area (Å²) in [6, 6.07) is 51.1. The Morgan fingerprint density at radius 1 is 0.569 bits per heavy atom. The number of amidine groups is 1. The summed E-state index contributed by atoms with van der Waals surface area (Å²) in [7, 11) is 1.84. The van der Waals surface area contributed by atoms with Crippen LogP contribution in [0, 0.1) is 0 Å². The number of hydrogen-bond acceptors (Lipinski definition) is 3. The van der Waals surface area contributed by atoms with Crippen LogP contribution in [0.2, 0.25) is 0 Å². The van der Waals surface area contributed by atoms with Crippen molar-refractivity contribution in [3.63, 3.8) is 0 Å². The van der Waals surface area contributed by atoms with E-state index in [0.29, 0.717) is 5.84 Å². The molecule has 0 saturated carbocycles. The minimum Gasteiger partial charge on any atom is -0.460 e. The maximum atomic E-state index is 6.63. The molecular formula is C47H32N2O2. The maximum absolute atomic E-state index is 6.63. The van der Waals surface area contributed by atoms with Crippen molar-refractivity contribution in [1.29, 1.82) is 0 Å². The summed E-state index contributed by atoms with van der Waals surface area (Å²) >= 11 is 0. The molecule has 9 aromatic rings. The number of aryl methyl sites for hydroxylation is 1. The van der Waals surface area contributed by atoms with E-state index in [-0.39, 0.29) is 0 Å². The molecule has 0 spiro atoms. The van der Waals surface area contributed by atoms with Crippen LogP contribution in [-0.2, 0) is 6.42 Å². The zero-order valence-electron chi connectivity index (χ0n) is 28.1. The fourth-order valence-corrected chi connectivity index (χ4v) is 7.75. The summed E-state index contributed by atoms with van der Waals surface area (Å²) in [5, 5.41) is 8.04. The van der Waals surface area contributed by atoms with E-state index >= 15 is 0 Å². The number of rotatable bonds is 4. The van der Waals surface area contributed by atoms with Gasteiger partial charge in [-0.2, -0.15) is 0 Å². The summed E-state index contributed by atoms with van der Waals surface area (Å²) in [5.74, 6) is 1.66. The Kier molecular flexibility index (Phi) is 6.81. The van der Waals surface area contributed by atoms with Gasteiger partial charge in [0.15, 0.2) is 5.84 Å². The highest BCUT2D eigenvalue weighted by molar-refractivity contribution is 6.32. The van der Waals surface area contributed by atoms with E-state index in [1.807, 2.05) is 13.1 Å². The Balaban J connectivity index is 1.14. The predicted octanol–water partition coefficient (Wildman–Crippen LogP) is 12.2. The molecule has 0 bridgehead atoms. The summed E-state index contributed by atoms with van der Waals surface area (Å²) in [5.41, 5.74) is 9.90. The third-order valence-electron chi connectivity index (χ3n) is 10.2. The number of allylic oxidation sites excluding steroid dienone is 1. The third kappa shape index (κ3) is 4.91. The number of benzene rings is 7. The second-order valence-corrected chi connectivity index (χ2v) is 13.2. The third-order valence-corrected chi connectivity index (χ3v) is 10.2. The van der Waals surface area contributed by atoms with Gasteiger partial charge in [0, 0.05) is 51.9 Å². The van der Waals surface area contributed by atoms with Crippen LogP contribution in [0.5, 0.6) is 0 Å².